The minimum atomic E-state index is -0.267. The molecule has 0 aromatic heterocycles. The molecule has 4 heteroatoms. The Morgan fingerprint density at radius 3 is 2.05 bits per heavy atom. The molecular weight excluding hydrogens is 458 g/mol. The lowest BCUT2D eigenvalue weighted by molar-refractivity contribution is -0.917. The van der Waals surface area contributed by atoms with E-state index in [-0.39, 0.29) is 24.7 Å². The van der Waals surface area contributed by atoms with Crippen LogP contribution < -0.4 is 4.74 Å². The summed E-state index contributed by atoms with van der Waals surface area (Å²) in [6.45, 7) is 7.36. The zero-order valence-corrected chi connectivity index (χ0v) is 24.2. The van der Waals surface area contributed by atoms with Crippen molar-refractivity contribution in [1.82, 2.24) is 0 Å². The molecule has 206 valence electrons. The Bertz CT molecular complexity index is 880. The van der Waals surface area contributed by atoms with Crippen LogP contribution >= 0.6 is 0 Å². The molecule has 0 aliphatic carbocycles. The predicted molar refractivity (Wildman–Crippen MR) is 155 cm³/mol. The molecule has 0 saturated carbocycles. The standard InChI is InChI=1S/C33H52NO3/c1-6-8-9-10-11-12-13-14-18-23-30-24-19-20-25-32(30)37-31(7-2)27-36-33(35)28(3)34(4,5)26-29-21-16-15-17-22-29/h15-17,19-22,24-25,28,31H,6-14,18,23,26-27H2,1-5H3/q+1. The van der Waals surface area contributed by atoms with Crippen LogP contribution in [0.1, 0.15) is 96.1 Å². The number of para-hydroxylation sites is 1. The number of nitrogens with zero attached hydrogens (tertiary/aromatic N) is 1. The number of hydrogen-bond acceptors (Lipinski definition) is 3. The lowest BCUT2D eigenvalue weighted by atomic mass is 10.0. The number of hydrogen-bond donors (Lipinski definition) is 0. The van der Waals surface area contributed by atoms with Gasteiger partial charge in [0, 0.05) is 5.56 Å². The number of benzene rings is 2. The molecule has 2 aromatic rings. The molecule has 0 saturated heterocycles. The summed E-state index contributed by atoms with van der Waals surface area (Å²) in [4.78, 5) is 12.9. The predicted octanol–water partition coefficient (Wildman–Crippen LogP) is 8.13. The topological polar surface area (TPSA) is 35.5 Å². The summed E-state index contributed by atoms with van der Waals surface area (Å²) in [7, 11) is 4.16. The fraction of sp³-hybridized carbons (Fsp3) is 0.606. The molecule has 37 heavy (non-hydrogen) atoms. The molecule has 0 amide bonds. The third kappa shape index (κ3) is 11.7. The molecule has 0 aliphatic heterocycles. The third-order valence-corrected chi connectivity index (χ3v) is 7.51. The van der Waals surface area contributed by atoms with E-state index in [1.54, 1.807) is 0 Å². The highest BCUT2D eigenvalue weighted by atomic mass is 16.6. The number of likely N-dealkylation sites (N-methyl/N-ethyl adjacent to an activating group) is 1. The summed E-state index contributed by atoms with van der Waals surface area (Å²) in [5.41, 5.74) is 2.47. The van der Waals surface area contributed by atoms with Crippen LogP contribution in [0.25, 0.3) is 0 Å². The van der Waals surface area contributed by atoms with Crippen LogP contribution in [0.5, 0.6) is 5.75 Å². The number of esters is 1. The number of carbonyl (C=O) groups is 1. The number of carbonyl (C=O) groups excluding carboxylic acids is 1. The summed E-state index contributed by atoms with van der Waals surface area (Å²) in [6, 6.07) is 18.4. The monoisotopic (exact) mass is 510 g/mol. The van der Waals surface area contributed by atoms with Crippen molar-refractivity contribution in [1.29, 1.82) is 0 Å². The molecule has 0 fully saturated rings. The van der Waals surface area contributed by atoms with Gasteiger partial charge in [0.25, 0.3) is 0 Å². The van der Waals surface area contributed by atoms with Gasteiger partial charge in [0.05, 0.1) is 14.1 Å². The fourth-order valence-corrected chi connectivity index (χ4v) is 4.64. The highest BCUT2D eigenvalue weighted by Gasteiger charge is 2.32. The molecule has 4 nitrogen and oxygen atoms in total. The number of ether oxygens (including phenoxy) is 2. The maximum Gasteiger partial charge on any atom is 0.364 e. The van der Waals surface area contributed by atoms with Crippen molar-refractivity contribution >= 4 is 5.97 Å². The molecule has 2 unspecified atom stereocenters. The molecular formula is C33H52NO3+. The Labute approximate surface area is 227 Å². The first-order chi connectivity index (χ1) is 17.9. The first-order valence-corrected chi connectivity index (χ1v) is 14.6. The van der Waals surface area contributed by atoms with Gasteiger partial charge in [-0.05, 0) is 37.8 Å². The lowest BCUT2D eigenvalue weighted by Gasteiger charge is -2.34. The molecule has 0 heterocycles. The first kappa shape index (κ1) is 30.9. The van der Waals surface area contributed by atoms with Crippen molar-refractivity contribution in [2.45, 2.75) is 110 Å². The largest absolute Gasteiger partial charge is 0.487 e. The van der Waals surface area contributed by atoms with E-state index in [2.05, 4.69) is 58.3 Å². The molecule has 2 rings (SSSR count). The second-order valence-electron chi connectivity index (χ2n) is 11.1. The third-order valence-electron chi connectivity index (χ3n) is 7.51. The SMILES string of the molecule is CCCCCCCCCCCc1ccccc1OC(CC)COC(=O)C(C)[N+](C)(C)Cc1ccccc1. The summed E-state index contributed by atoms with van der Waals surface area (Å²) in [5, 5.41) is 0. The zero-order valence-electron chi connectivity index (χ0n) is 24.2. The number of rotatable bonds is 19. The average Bonchev–Trinajstić information content (AvgIpc) is 2.90. The van der Waals surface area contributed by atoms with Gasteiger partial charge in [0.2, 0.25) is 0 Å². The van der Waals surface area contributed by atoms with E-state index >= 15 is 0 Å². The van der Waals surface area contributed by atoms with Crippen LogP contribution in [0.3, 0.4) is 0 Å². The average molecular weight is 511 g/mol. The summed E-state index contributed by atoms with van der Waals surface area (Å²) in [6.07, 6.45) is 13.6. The van der Waals surface area contributed by atoms with Crippen LogP contribution in [0.2, 0.25) is 0 Å². The molecule has 2 atom stereocenters. The summed E-state index contributed by atoms with van der Waals surface area (Å²) >= 11 is 0. The van der Waals surface area contributed by atoms with E-state index in [1.165, 1.54) is 68.9 Å². The van der Waals surface area contributed by atoms with Gasteiger partial charge in [-0.25, -0.2) is 4.79 Å². The molecule has 0 radical (unpaired) electrons. The Kier molecular flexibility index (Phi) is 14.4. The maximum atomic E-state index is 12.9. The van der Waals surface area contributed by atoms with Crippen molar-refractivity contribution in [2.75, 3.05) is 20.7 Å². The normalized spacial score (nSPS) is 13.2. The van der Waals surface area contributed by atoms with E-state index in [0.717, 1.165) is 25.1 Å². The second kappa shape index (κ2) is 17.2. The summed E-state index contributed by atoms with van der Waals surface area (Å²) in [5.74, 6) is 0.754. The van der Waals surface area contributed by atoms with Gasteiger partial charge in [-0.3, -0.25) is 0 Å². The minimum absolute atomic E-state index is 0.148. The Hall–Kier alpha value is -2.33. The lowest BCUT2D eigenvalue weighted by Crippen LogP contribution is -2.51. The van der Waals surface area contributed by atoms with E-state index < -0.39 is 0 Å². The smallest absolute Gasteiger partial charge is 0.364 e. The number of unbranched alkanes of at least 4 members (excludes halogenated alkanes) is 8. The maximum absolute atomic E-state index is 12.9. The van der Waals surface area contributed by atoms with E-state index in [9.17, 15) is 4.79 Å². The van der Waals surface area contributed by atoms with Gasteiger partial charge < -0.3 is 14.0 Å². The van der Waals surface area contributed by atoms with Crippen molar-refractivity contribution in [2.24, 2.45) is 0 Å². The highest BCUT2D eigenvalue weighted by molar-refractivity contribution is 5.74. The zero-order chi connectivity index (χ0) is 26.9. The van der Waals surface area contributed by atoms with Crippen LogP contribution in [0.15, 0.2) is 54.6 Å². The van der Waals surface area contributed by atoms with Gasteiger partial charge in [-0.15, -0.1) is 0 Å². The van der Waals surface area contributed by atoms with E-state index in [4.69, 9.17) is 9.47 Å². The fourth-order valence-electron chi connectivity index (χ4n) is 4.64. The van der Waals surface area contributed by atoms with Crippen molar-refractivity contribution in [3.05, 3.63) is 65.7 Å². The highest BCUT2D eigenvalue weighted by Crippen LogP contribution is 2.23. The minimum Gasteiger partial charge on any atom is -0.487 e. The van der Waals surface area contributed by atoms with Crippen LogP contribution in [0.4, 0.5) is 0 Å². The van der Waals surface area contributed by atoms with Crippen LogP contribution in [-0.2, 0) is 22.5 Å². The Morgan fingerprint density at radius 2 is 1.41 bits per heavy atom. The molecule has 0 spiro atoms. The van der Waals surface area contributed by atoms with Gasteiger partial charge in [0.1, 0.15) is 25.0 Å². The van der Waals surface area contributed by atoms with Crippen LogP contribution in [0, 0.1) is 0 Å². The Balaban J connectivity index is 1.79. The van der Waals surface area contributed by atoms with Crippen molar-refractivity contribution < 1.29 is 18.8 Å². The van der Waals surface area contributed by atoms with Gasteiger partial charge in [-0.2, -0.15) is 0 Å². The van der Waals surface area contributed by atoms with Crippen molar-refractivity contribution in [3.63, 3.8) is 0 Å². The molecule has 0 bridgehead atoms. The number of quaternary nitrogens is 1. The molecule has 0 N–H and O–H groups in total. The number of aryl methyl sites for hydroxylation is 1. The van der Waals surface area contributed by atoms with Crippen LogP contribution in [-0.4, -0.2) is 43.3 Å². The second-order valence-corrected chi connectivity index (χ2v) is 11.1. The van der Waals surface area contributed by atoms with E-state index in [1.807, 2.05) is 31.2 Å². The molecule has 0 aliphatic rings. The van der Waals surface area contributed by atoms with Gasteiger partial charge in [0.15, 0.2) is 6.04 Å². The van der Waals surface area contributed by atoms with Gasteiger partial charge in [-0.1, -0.05) is 114 Å². The Morgan fingerprint density at radius 1 is 0.811 bits per heavy atom. The van der Waals surface area contributed by atoms with E-state index in [0.29, 0.717) is 4.48 Å². The van der Waals surface area contributed by atoms with Gasteiger partial charge >= 0.3 is 5.97 Å². The quantitative estimate of drug-likeness (QED) is 0.109. The molecule has 2 aromatic carbocycles. The van der Waals surface area contributed by atoms with Crippen molar-refractivity contribution in [3.8, 4) is 5.75 Å². The first-order valence-electron chi connectivity index (χ1n) is 14.6. The summed E-state index contributed by atoms with van der Waals surface area (Å²) < 4.78 is 12.7.